The van der Waals surface area contributed by atoms with Crippen LogP contribution in [-0.2, 0) is 9.47 Å². The van der Waals surface area contributed by atoms with Gasteiger partial charge in [-0.15, -0.1) is 0 Å². The molecule has 6 heteroatoms. The Balaban J connectivity index is 0.000000765. The molecule has 0 aliphatic carbocycles. The van der Waals surface area contributed by atoms with E-state index in [0.29, 0.717) is 37.2 Å². The van der Waals surface area contributed by atoms with Gasteiger partial charge in [-0.05, 0) is 37.1 Å². The fourth-order valence-electron chi connectivity index (χ4n) is 1.85. The maximum atomic E-state index is 11.7. The van der Waals surface area contributed by atoms with Crippen LogP contribution >= 0.6 is 0 Å². The third-order valence-electron chi connectivity index (χ3n) is 3.12. The van der Waals surface area contributed by atoms with Crippen molar-refractivity contribution in [3.8, 4) is 0 Å². The van der Waals surface area contributed by atoms with Crippen LogP contribution in [-0.4, -0.2) is 48.6 Å². The molecule has 0 aliphatic heterocycles. The molecule has 0 bridgehead atoms. The van der Waals surface area contributed by atoms with Crippen molar-refractivity contribution in [2.45, 2.75) is 12.8 Å². The number of hydrogen-bond acceptors (Lipinski definition) is 6. The van der Waals surface area contributed by atoms with Crippen LogP contribution in [0, 0.1) is 0 Å². The third kappa shape index (κ3) is 8.96. The van der Waals surface area contributed by atoms with E-state index in [1.54, 1.807) is 48.5 Å². The van der Waals surface area contributed by atoms with Gasteiger partial charge in [0.2, 0.25) is 0 Å². The topological polar surface area (TPSA) is 93.1 Å². The summed E-state index contributed by atoms with van der Waals surface area (Å²) in [7, 11) is 0. The Morgan fingerprint density at radius 1 is 0.654 bits per heavy atom. The number of unbranched alkanes of at least 4 members (excludes halogenated alkanes) is 1. The molecular weight excluding hydrogens is 336 g/mol. The molecule has 2 N–H and O–H groups in total. The summed E-state index contributed by atoms with van der Waals surface area (Å²) in [5, 5.41) is 15.2. The van der Waals surface area contributed by atoms with Crippen molar-refractivity contribution in [2.75, 3.05) is 26.4 Å². The van der Waals surface area contributed by atoms with Crippen molar-refractivity contribution in [2.24, 2.45) is 0 Å². The van der Waals surface area contributed by atoms with Crippen LogP contribution in [0.3, 0.4) is 0 Å². The number of rotatable bonds is 8. The molecule has 0 unspecified atom stereocenters. The highest BCUT2D eigenvalue weighted by Gasteiger charge is 2.07. The van der Waals surface area contributed by atoms with Gasteiger partial charge in [0.25, 0.3) is 0 Å². The number of ether oxygens (including phenoxy) is 2. The summed E-state index contributed by atoms with van der Waals surface area (Å²) in [5.74, 6) is -0.663. The Morgan fingerprint density at radius 3 is 1.31 bits per heavy atom. The molecule has 0 aromatic heterocycles. The van der Waals surface area contributed by atoms with Gasteiger partial charge < -0.3 is 19.7 Å². The maximum Gasteiger partial charge on any atom is 0.338 e. The van der Waals surface area contributed by atoms with Crippen LogP contribution in [0.4, 0.5) is 0 Å². The van der Waals surface area contributed by atoms with Gasteiger partial charge in [-0.2, -0.15) is 0 Å². The number of aliphatic hydroxyl groups is 2. The largest absolute Gasteiger partial charge is 0.462 e. The third-order valence-corrected chi connectivity index (χ3v) is 3.12. The highest BCUT2D eigenvalue weighted by molar-refractivity contribution is 5.89. The fourth-order valence-corrected chi connectivity index (χ4v) is 1.85. The van der Waals surface area contributed by atoms with Crippen LogP contribution in [0.1, 0.15) is 33.6 Å². The average Bonchev–Trinajstić information content (AvgIpc) is 2.71. The van der Waals surface area contributed by atoms with Crippen molar-refractivity contribution in [1.29, 1.82) is 0 Å². The van der Waals surface area contributed by atoms with E-state index >= 15 is 0 Å². The molecule has 0 spiro atoms. The SMILES string of the molecule is O=C(OCCCCOC(=O)c1ccccc1)c1ccccc1.OCCO. The summed E-state index contributed by atoms with van der Waals surface area (Å²) >= 11 is 0. The summed E-state index contributed by atoms with van der Waals surface area (Å²) < 4.78 is 10.3. The number of hydrogen-bond donors (Lipinski definition) is 2. The zero-order valence-corrected chi connectivity index (χ0v) is 14.5. The van der Waals surface area contributed by atoms with E-state index in [1.807, 2.05) is 12.1 Å². The zero-order chi connectivity index (χ0) is 19.0. The molecule has 2 aromatic rings. The minimum atomic E-state index is -0.332. The normalized spacial score (nSPS) is 9.62. The van der Waals surface area contributed by atoms with Gasteiger partial charge in [-0.1, -0.05) is 36.4 Å². The molecule has 0 fully saturated rings. The van der Waals surface area contributed by atoms with Crippen molar-refractivity contribution in [3.63, 3.8) is 0 Å². The van der Waals surface area contributed by atoms with E-state index in [2.05, 4.69) is 0 Å². The van der Waals surface area contributed by atoms with E-state index in [9.17, 15) is 9.59 Å². The quantitative estimate of drug-likeness (QED) is 0.555. The molecule has 0 radical (unpaired) electrons. The summed E-state index contributed by atoms with van der Waals surface area (Å²) in [4.78, 5) is 23.3. The first kappa shape index (κ1) is 21.3. The molecule has 0 saturated heterocycles. The first-order valence-electron chi connectivity index (χ1n) is 8.35. The summed E-state index contributed by atoms with van der Waals surface area (Å²) in [6.07, 6.45) is 1.31. The summed E-state index contributed by atoms with van der Waals surface area (Å²) in [6, 6.07) is 17.7. The van der Waals surface area contributed by atoms with Crippen LogP contribution in [0.2, 0.25) is 0 Å². The Morgan fingerprint density at radius 2 is 1.00 bits per heavy atom. The van der Waals surface area contributed by atoms with E-state index < -0.39 is 0 Å². The monoisotopic (exact) mass is 360 g/mol. The fraction of sp³-hybridized carbons (Fsp3) is 0.300. The van der Waals surface area contributed by atoms with E-state index in [4.69, 9.17) is 19.7 Å². The number of esters is 2. The lowest BCUT2D eigenvalue weighted by Crippen LogP contribution is -2.09. The van der Waals surface area contributed by atoms with Gasteiger partial charge in [0.1, 0.15) is 0 Å². The highest BCUT2D eigenvalue weighted by Crippen LogP contribution is 2.04. The van der Waals surface area contributed by atoms with E-state index in [-0.39, 0.29) is 25.2 Å². The van der Waals surface area contributed by atoms with Crippen LogP contribution < -0.4 is 0 Å². The lowest BCUT2D eigenvalue weighted by atomic mass is 10.2. The van der Waals surface area contributed by atoms with Crippen LogP contribution in [0.25, 0.3) is 0 Å². The predicted molar refractivity (Wildman–Crippen MR) is 96.9 cm³/mol. The van der Waals surface area contributed by atoms with Gasteiger partial charge in [-0.25, -0.2) is 9.59 Å². The van der Waals surface area contributed by atoms with Crippen molar-refractivity contribution >= 4 is 11.9 Å². The van der Waals surface area contributed by atoms with Crippen LogP contribution in [0.5, 0.6) is 0 Å². The molecule has 2 aromatic carbocycles. The molecule has 0 heterocycles. The number of carbonyl (C=O) groups excluding carboxylic acids is 2. The smallest absolute Gasteiger partial charge is 0.338 e. The lowest BCUT2D eigenvalue weighted by molar-refractivity contribution is 0.0432. The second-order valence-electron chi connectivity index (χ2n) is 5.16. The first-order valence-corrected chi connectivity index (χ1v) is 8.35. The van der Waals surface area contributed by atoms with Crippen LogP contribution in [0.15, 0.2) is 60.7 Å². The highest BCUT2D eigenvalue weighted by atomic mass is 16.5. The average molecular weight is 360 g/mol. The summed E-state index contributed by atoms with van der Waals surface area (Å²) in [5.41, 5.74) is 1.08. The van der Waals surface area contributed by atoms with Gasteiger partial charge in [0.15, 0.2) is 0 Å². The molecular formula is C20H24O6. The Kier molecular flexibility index (Phi) is 11.1. The van der Waals surface area contributed by atoms with Crippen molar-refractivity contribution in [1.82, 2.24) is 0 Å². The number of carbonyl (C=O) groups is 2. The molecule has 140 valence electrons. The van der Waals surface area contributed by atoms with Crippen molar-refractivity contribution < 1.29 is 29.3 Å². The van der Waals surface area contributed by atoms with Gasteiger partial charge in [0.05, 0.1) is 37.6 Å². The molecule has 0 amide bonds. The minimum Gasteiger partial charge on any atom is -0.462 e. The molecule has 0 atom stereocenters. The molecule has 0 aliphatic rings. The molecule has 26 heavy (non-hydrogen) atoms. The molecule has 2 rings (SSSR count). The Bertz CT molecular complexity index is 570. The lowest BCUT2D eigenvalue weighted by Gasteiger charge is -2.06. The predicted octanol–water partition coefficient (Wildman–Crippen LogP) is 2.45. The zero-order valence-electron chi connectivity index (χ0n) is 14.5. The Hall–Kier alpha value is -2.70. The second-order valence-corrected chi connectivity index (χ2v) is 5.16. The minimum absolute atomic E-state index is 0.125. The molecule has 0 saturated carbocycles. The number of aliphatic hydroxyl groups excluding tert-OH is 2. The Labute approximate surface area is 153 Å². The van der Waals surface area contributed by atoms with Gasteiger partial charge in [0, 0.05) is 0 Å². The summed E-state index contributed by atoms with van der Waals surface area (Å²) in [6.45, 7) is 0.382. The van der Waals surface area contributed by atoms with Gasteiger partial charge in [-0.3, -0.25) is 0 Å². The van der Waals surface area contributed by atoms with E-state index in [1.165, 1.54) is 0 Å². The van der Waals surface area contributed by atoms with E-state index in [0.717, 1.165) is 0 Å². The van der Waals surface area contributed by atoms with Gasteiger partial charge >= 0.3 is 11.9 Å². The van der Waals surface area contributed by atoms with Crippen molar-refractivity contribution in [3.05, 3.63) is 71.8 Å². The standard InChI is InChI=1S/C18H18O4.C2H6O2/c19-17(15-9-3-1-4-10-15)21-13-7-8-14-22-18(20)16-11-5-2-6-12-16;3-1-2-4/h1-6,9-12H,7-8,13-14H2;3-4H,1-2H2. The maximum absolute atomic E-state index is 11.7. The molecule has 6 nitrogen and oxygen atoms in total. The second kappa shape index (κ2) is 13.6. The number of benzene rings is 2. The first-order chi connectivity index (χ1) is 12.7.